The highest BCUT2D eigenvalue weighted by atomic mass is 32.2. The second kappa shape index (κ2) is 9.73. The lowest BCUT2D eigenvalue weighted by molar-refractivity contribution is 0.504. The van der Waals surface area contributed by atoms with Crippen molar-refractivity contribution in [3.8, 4) is 0 Å². The number of fused-ring (bicyclic) bond motifs is 1. The minimum Gasteiger partial charge on any atom is -0.357 e. The van der Waals surface area contributed by atoms with Crippen LogP contribution in [-0.2, 0) is 31.8 Å². The molecule has 27 heavy (non-hydrogen) atoms. The van der Waals surface area contributed by atoms with Gasteiger partial charge in [0.1, 0.15) is 11.6 Å². The van der Waals surface area contributed by atoms with E-state index < -0.39 is 0 Å². The van der Waals surface area contributed by atoms with Crippen molar-refractivity contribution in [2.45, 2.75) is 51.6 Å². The van der Waals surface area contributed by atoms with Crippen LogP contribution >= 0.6 is 11.8 Å². The summed E-state index contributed by atoms with van der Waals surface area (Å²) in [6.45, 7) is 4.88. The molecule has 0 saturated heterocycles. The molecule has 1 aliphatic heterocycles. The predicted octanol–water partition coefficient (Wildman–Crippen LogP) is 2.87. The van der Waals surface area contributed by atoms with Crippen LogP contribution in [0.2, 0.25) is 0 Å². The summed E-state index contributed by atoms with van der Waals surface area (Å²) < 4.78 is 15.7. The molecule has 2 heterocycles. The zero-order valence-electron chi connectivity index (χ0n) is 16.0. The number of hydrogen-bond acceptors (Lipinski definition) is 4. The van der Waals surface area contributed by atoms with Gasteiger partial charge in [-0.25, -0.2) is 9.38 Å². The Morgan fingerprint density at radius 2 is 2.15 bits per heavy atom. The van der Waals surface area contributed by atoms with E-state index in [-0.39, 0.29) is 5.82 Å². The third kappa shape index (κ3) is 5.22. The fourth-order valence-corrected chi connectivity index (χ4v) is 3.79. The third-order valence-electron chi connectivity index (χ3n) is 4.57. The monoisotopic (exact) mass is 390 g/mol. The van der Waals surface area contributed by atoms with Crippen molar-refractivity contribution in [3.05, 3.63) is 46.8 Å². The number of halogens is 1. The molecule has 0 fully saturated rings. The third-order valence-corrected chi connectivity index (χ3v) is 5.17. The molecule has 2 aromatic rings. The van der Waals surface area contributed by atoms with Crippen LogP contribution in [0.25, 0.3) is 0 Å². The van der Waals surface area contributed by atoms with E-state index in [4.69, 9.17) is 0 Å². The molecule has 3 rings (SSSR count). The topological polar surface area (TPSA) is 67.1 Å². The van der Waals surface area contributed by atoms with Crippen molar-refractivity contribution in [3.63, 3.8) is 0 Å². The molecule has 0 amide bonds. The number of aliphatic imine (C=N–C) groups is 1. The van der Waals surface area contributed by atoms with Gasteiger partial charge in [-0.2, -0.15) is 11.8 Å². The molecule has 0 atom stereocenters. The number of benzene rings is 1. The molecule has 2 N–H and O–H groups in total. The van der Waals surface area contributed by atoms with Crippen LogP contribution in [0.3, 0.4) is 0 Å². The van der Waals surface area contributed by atoms with Crippen LogP contribution in [-0.4, -0.2) is 33.5 Å². The largest absolute Gasteiger partial charge is 0.357 e. The van der Waals surface area contributed by atoms with Crippen molar-refractivity contribution < 1.29 is 4.39 Å². The molecule has 6 nitrogen and oxygen atoms in total. The molecule has 1 aliphatic rings. The summed E-state index contributed by atoms with van der Waals surface area (Å²) in [6.07, 6.45) is 5.38. The zero-order chi connectivity index (χ0) is 19.1. The standard InChI is InChI=1S/C19H27FN6S/c1-3-21-19(22-11-14-7-8-16(20)10-15(14)13-27-2)23-12-18-25-24-17-6-4-5-9-26(17)18/h7-8,10H,3-6,9,11-13H2,1-2H3,(H2,21,22,23). The van der Waals surface area contributed by atoms with Gasteiger partial charge in [-0.05, 0) is 49.3 Å². The second-order valence-corrected chi connectivity index (χ2v) is 7.40. The van der Waals surface area contributed by atoms with E-state index in [0.717, 1.165) is 54.0 Å². The van der Waals surface area contributed by atoms with Gasteiger partial charge in [-0.3, -0.25) is 0 Å². The minimum atomic E-state index is -0.201. The molecule has 146 valence electrons. The van der Waals surface area contributed by atoms with Gasteiger partial charge in [0.15, 0.2) is 11.8 Å². The Hall–Kier alpha value is -2.09. The van der Waals surface area contributed by atoms with Crippen LogP contribution in [0, 0.1) is 5.82 Å². The molecule has 0 bridgehead atoms. The van der Waals surface area contributed by atoms with Gasteiger partial charge in [0, 0.05) is 25.3 Å². The van der Waals surface area contributed by atoms with Crippen molar-refractivity contribution >= 4 is 17.7 Å². The van der Waals surface area contributed by atoms with Gasteiger partial charge in [-0.1, -0.05) is 6.07 Å². The van der Waals surface area contributed by atoms with Gasteiger partial charge >= 0.3 is 0 Å². The number of aromatic nitrogens is 3. The molecule has 0 unspecified atom stereocenters. The lowest BCUT2D eigenvalue weighted by Crippen LogP contribution is -2.37. The molecule has 0 saturated carbocycles. The van der Waals surface area contributed by atoms with E-state index >= 15 is 0 Å². The lowest BCUT2D eigenvalue weighted by Gasteiger charge is -2.16. The highest BCUT2D eigenvalue weighted by Gasteiger charge is 2.15. The van der Waals surface area contributed by atoms with Crippen LogP contribution in [0.1, 0.15) is 42.5 Å². The smallest absolute Gasteiger partial charge is 0.191 e. The highest BCUT2D eigenvalue weighted by Crippen LogP contribution is 2.18. The Morgan fingerprint density at radius 3 is 2.96 bits per heavy atom. The number of aryl methyl sites for hydroxylation is 1. The Labute approximate surface area is 164 Å². The van der Waals surface area contributed by atoms with E-state index in [9.17, 15) is 4.39 Å². The number of nitrogens with one attached hydrogen (secondary N) is 2. The first-order valence-corrected chi connectivity index (χ1v) is 10.8. The number of guanidine groups is 1. The van der Waals surface area contributed by atoms with Crippen molar-refractivity contribution in [1.29, 1.82) is 0 Å². The summed E-state index contributed by atoms with van der Waals surface area (Å²) in [6, 6.07) is 4.92. The Morgan fingerprint density at radius 1 is 1.26 bits per heavy atom. The zero-order valence-corrected chi connectivity index (χ0v) is 16.8. The molecule has 1 aromatic carbocycles. The molecular formula is C19H27FN6S. The number of hydrogen-bond donors (Lipinski definition) is 2. The van der Waals surface area contributed by atoms with E-state index in [1.54, 1.807) is 17.8 Å². The van der Waals surface area contributed by atoms with Gasteiger partial charge in [-0.15, -0.1) is 10.2 Å². The Bertz CT molecular complexity index is 789. The first-order valence-electron chi connectivity index (χ1n) is 9.40. The molecule has 0 radical (unpaired) electrons. The van der Waals surface area contributed by atoms with Crippen LogP contribution in [0.5, 0.6) is 0 Å². The normalized spacial score (nSPS) is 14.1. The molecule has 8 heteroatoms. The van der Waals surface area contributed by atoms with Crippen LogP contribution in [0.15, 0.2) is 23.2 Å². The highest BCUT2D eigenvalue weighted by molar-refractivity contribution is 7.97. The Balaban J connectivity index is 1.67. The quantitative estimate of drug-likeness (QED) is 0.562. The van der Waals surface area contributed by atoms with Gasteiger partial charge < -0.3 is 15.2 Å². The second-order valence-electron chi connectivity index (χ2n) is 6.54. The van der Waals surface area contributed by atoms with Crippen molar-refractivity contribution in [2.75, 3.05) is 12.8 Å². The maximum Gasteiger partial charge on any atom is 0.191 e. The number of rotatable bonds is 7. The predicted molar refractivity (Wildman–Crippen MR) is 108 cm³/mol. The van der Waals surface area contributed by atoms with Crippen LogP contribution in [0.4, 0.5) is 4.39 Å². The number of thioether (sulfide) groups is 1. The van der Waals surface area contributed by atoms with Crippen LogP contribution < -0.4 is 10.6 Å². The first-order chi connectivity index (χ1) is 13.2. The van der Waals surface area contributed by atoms with E-state index in [0.29, 0.717) is 13.1 Å². The minimum absolute atomic E-state index is 0.201. The van der Waals surface area contributed by atoms with Gasteiger partial charge in [0.25, 0.3) is 0 Å². The lowest BCUT2D eigenvalue weighted by atomic mass is 10.1. The first kappa shape index (κ1) is 19.7. The maximum absolute atomic E-state index is 13.5. The fourth-order valence-electron chi connectivity index (χ4n) is 3.21. The summed E-state index contributed by atoms with van der Waals surface area (Å²) in [5.41, 5.74) is 2.04. The summed E-state index contributed by atoms with van der Waals surface area (Å²) in [5.74, 6) is 3.32. The molecule has 0 spiro atoms. The summed E-state index contributed by atoms with van der Waals surface area (Å²) >= 11 is 1.68. The summed E-state index contributed by atoms with van der Waals surface area (Å²) in [4.78, 5) is 4.67. The van der Waals surface area contributed by atoms with Crippen molar-refractivity contribution in [1.82, 2.24) is 25.4 Å². The van der Waals surface area contributed by atoms with E-state index in [1.807, 2.05) is 19.2 Å². The summed E-state index contributed by atoms with van der Waals surface area (Å²) in [5, 5.41) is 15.2. The molecule has 0 aliphatic carbocycles. The Kier molecular flexibility index (Phi) is 7.09. The summed E-state index contributed by atoms with van der Waals surface area (Å²) in [7, 11) is 0. The molecular weight excluding hydrogens is 363 g/mol. The fraction of sp³-hybridized carbons (Fsp3) is 0.526. The number of nitrogens with zero attached hydrogens (tertiary/aromatic N) is 4. The maximum atomic E-state index is 13.5. The van der Waals surface area contributed by atoms with Crippen molar-refractivity contribution in [2.24, 2.45) is 4.99 Å². The van der Waals surface area contributed by atoms with Gasteiger partial charge in [0.2, 0.25) is 0 Å². The van der Waals surface area contributed by atoms with Gasteiger partial charge in [0.05, 0.1) is 13.1 Å². The van der Waals surface area contributed by atoms with E-state index in [1.165, 1.54) is 18.9 Å². The molecule has 1 aromatic heterocycles. The van der Waals surface area contributed by atoms with E-state index in [2.05, 4.69) is 30.4 Å². The average molecular weight is 391 g/mol. The average Bonchev–Trinajstić information content (AvgIpc) is 3.09. The SMILES string of the molecule is CCNC(=NCc1ccc(F)cc1CSC)NCc1nnc2n1CCCC2.